The van der Waals surface area contributed by atoms with Gasteiger partial charge < -0.3 is 10.1 Å². The third-order valence-corrected chi connectivity index (χ3v) is 3.91. The molecule has 1 unspecified atom stereocenters. The van der Waals surface area contributed by atoms with E-state index in [1.165, 1.54) is 6.07 Å². The predicted molar refractivity (Wildman–Crippen MR) is 81.7 cm³/mol. The standard InChI is InChI=1S/C14H20ClN3O3/c1-11(10-17-5-7-21-8-6-17)16-9-12-13(15)3-2-4-14(12)18(19)20/h2-4,11,16H,5-10H2,1H3. The Morgan fingerprint density at radius 3 is 2.86 bits per heavy atom. The van der Waals surface area contributed by atoms with Crippen LogP contribution in [0.5, 0.6) is 0 Å². The lowest BCUT2D eigenvalue weighted by molar-refractivity contribution is -0.385. The summed E-state index contributed by atoms with van der Waals surface area (Å²) in [5.41, 5.74) is 0.603. The first-order valence-corrected chi connectivity index (χ1v) is 7.41. The molecule has 0 bridgehead atoms. The number of morpholine rings is 1. The Balaban J connectivity index is 1.91. The summed E-state index contributed by atoms with van der Waals surface area (Å²) < 4.78 is 5.31. The van der Waals surface area contributed by atoms with E-state index < -0.39 is 4.92 Å². The number of nitrogens with zero attached hydrogens (tertiary/aromatic N) is 2. The zero-order chi connectivity index (χ0) is 15.2. The van der Waals surface area contributed by atoms with Crippen LogP contribution in [0.2, 0.25) is 5.02 Å². The molecule has 0 radical (unpaired) electrons. The van der Waals surface area contributed by atoms with Crippen LogP contribution in [-0.2, 0) is 11.3 Å². The van der Waals surface area contributed by atoms with Crippen molar-refractivity contribution in [2.24, 2.45) is 0 Å². The van der Waals surface area contributed by atoms with Gasteiger partial charge in [-0.3, -0.25) is 15.0 Å². The smallest absolute Gasteiger partial charge is 0.275 e. The normalized spacial score (nSPS) is 17.6. The van der Waals surface area contributed by atoms with Gasteiger partial charge in [-0.15, -0.1) is 0 Å². The zero-order valence-electron chi connectivity index (χ0n) is 12.0. The highest BCUT2D eigenvalue weighted by molar-refractivity contribution is 6.31. The average Bonchev–Trinajstić information content (AvgIpc) is 2.46. The molecule has 0 aromatic heterocycles. The van der Waals surface area contributed by atoms with Crippen LogP contribution in [-0.4, -0.2) is 48.7 Å². The van der Waals surface area contributed by atoms with Gasteiger partial charge in [0, 0.05) is 38.3 Å². The van der Waals surface area contributed by atoms with Gasteiger partial charge in [0.25, 0.3) is 5.69 Å². The fourth-order valence-corrected chi connectivity index (χ4v) is 2.64. The molecule has 1 N–H and O–H groups in total. The zero-order valence-corrected chi connectivity index (χ0v) is 12.8. The van der Waals surface area contributed by atoms with Crippen LogP contribution >= 0.6 is 11.6 Å². The van der Waals surface area contributed by atoms with Crippen molar-refractivity contribution < 1.29 is 9.66 Å². The van der Waals surface area contributed by atoms with Gasteiger partial charge in [-0.25, -0.2) is 0 Å². The van der Waals surface area contributed by atoms with Gasteiger partial charge in [0.2, 0.25) is 0 Å². The Kier molecular flexibility index (Phi) is 5.93. The molecular formula is C14H20ClN3O3. The lowest BCUT2D eigenvalue weighted by Crippen LogP contribution is -2.44. The Hall–Kier alpha value is -1.21. The van der Waals surface area contributed by atoms with Crippen LogP contribution in [0.25, 0.3) is 0 Å². The SMILES string of the molecule is CC(CN1CCOCC1)NCc1c(Cl)cccc1[N+](=O)[O-]. The molecule has 116 valence electrons. The number of hydrogen-bond donors (Lipinski definition) is 1. The molecule has 0 amide bonds. The Morgan fingerprint density at radius 1 is 1.48 bits per heavy atom. The molecule has 1 fully saturated rings. The molecule has 1 aliphatic rings. The maximum atomic E-state index is 11.0. The summed E-state index contributed by atoms with van der Waals surface area (Å²) in [7, 11) is 0. The van der Waals surface area contributed by atoms with E-state index in [0.717, 1.165) is 32.8 Å². The minimum atomic E-state index is -0.393. The van der Waals surface area contributed by atoms with E-state index in [2.05, 4.69) is 17.1 Å². The third kappa shape index (κ3) is 4.64. The first kappa shape index (κ1) is 16.2. The largest absolute Gasteiger partial charge is 0.379 e. The van der Waals surface area contributed by atoms with E-state index in [1.807, 2.05) is 0 Å². The van der Waals surface area contributed by atoms with Crippen molar-refractivity contribution in [3.8, 4) is 0 Å². The number of rotatable bonds is 6. The molecule has 0 saturated carbocycles. The highest BCUT2D eigenvalue weighted by Crippen LogP contribution is 2.26. The van der Waals surface area contributed by atoms with Crippen LogP contribution in [0, 0.1) is 10.1 Å². The summed E-state index contributed by atoms with van der Waals surface area (Å²) in [6.45, 7) is 6.74. The molecule has 1 aromatic carbocycles. The molecule has 1 heterocycles. The molecule has 2 rings (SSSR count). The molecule has 6 nitrogen and oxygen atoms in total. The van der Waals surface area contributed by atoms with E-state index in [-0.39, 0.29) is 11.7 Å². The van der Waals surface area contributed by atoms with Crippen LogP contribution in [0.1, 0.15) is 12.5 Å². The molecule has 1 aromatic rings. The third-order valence-electron chi connectivity index (χ3n) is 3.55. The van der Waals surface area contributed by atoms with Crippen LogP contribution in [0.15, 0.2) is 18.2 Å². The highest BCUT2D eigenvalue weighted by Gasteiger charge is 2.18. The maximum absolute atomic E-state index is 11.0. The summed E-state index contributed by atoms with van der Waals surface area (Å²) in [5, 5.41) is 14.8. The first-order valence-electron chi connectivity index (χ1n) is 7.03. The van der Waals surface area contributed by atoms with Crippen LogP contribution in [0.4, 0.5) is 5.69 Å². The molecule has 7 heteroatoms. The van der Waals surface area contributed by atoms with Crippen LogP contribution in [0.3, 0.4) is 0 Å². The minimum Gasteiger partial charge on any atom is -0.379 e. The maximum Gasteiger partial charge on any atom is 0.275 e. The van der Waals surface area contributed by atoms with Gasteiger partial charge >= 0.3 is 0 Å². The number of benzene rings is 1. The van der Waals surface area contributed by atoms with E-state index in [0.29, 0.717) is 17.1 Å². The van der Waals surface area contributed by atoms with Gasteiger partial charge in [0.15, 0.2) is 0 Å². The van der Waals surface area contributed by atoms with Crippen molar-refractivity contribution in [3.63, 3.8) is 0 Å². The van der Waals surface area contributed by atoms with Crippen molar-refractivity contribution in [2.45, 2.75) is 19.5 Å². The summed E-state index contributed by atoms with van der Waals surface area (Å²) in [5.74, 6) is 0. The summed E-state index contributed by atoms with van der Waals surface area (Å²) in [6.07, 6.45) is 0. The highest BCUT2D eigenvalue weighted by atomic mass is 35.5. The summed E-state index contributed by atoms with van der Waals surface area (Å²) >= 11 is 6.08. The number of ether oxygens (including phenoxy) is 1. The van der Waals surface area contributed by atoms with Crippen molar-refractivity contribution >= 4 is 17.3 Å². The molecular weight excluding hydrogens is 294 g/mol. The second kappa shape index (κ2) is 7.70. The molecule has 0 aliphatic carbocycles. The van der Waals surface area contributed by atoms with E-state index in [4.69, 9.17) is 16.3 Å². The second-order valence-electron chi connectivity index (χ2n) is 5.19. The Labute approximate surface area is 129 Å². The lowest BCUT2D eigenvalue weighted by Gasteiger charge is -2.29. The number of halogens is 1. The molecule has 0 spiro atoms. The number of nitro benzene ring substituents is 1. The number of nitro groups is 1. The van der Waals surface area contributed by atoms with Crippen molar-refractivity contribution in [2.75, 3.05) is 32.8 Å². The fraction of sp³-hybridized carbons (Fsp3) is 0.571. The topological polar surface area (TPSA) is 67.6 Å². The summed E-state index contributed by atoms with van der Waals surface area (Å²) in [4.78, 5) is 13.0. The molecule has 21 heavy (non-hydrogen) atoms. The number of nitrogens with one attached hydrogen (secondary N) is 1. The van der Waals surface area contributed by atoms with Gasteiger partial charge in [0.05, 0.1) is 28.7 Å². The molecule has 1 saturated heterocycles. The van der Waals surface area contributed by atoms with Crippen molar-refractivity contribution in [1.29, 1.82) is 0 Å². The van der Waals surface area contributed by atoms with Gasteiger partial charge in [-0.05, 0) is 13.0 Å². The van der Waals surface area contributed by atoms with Crippen LogP contribution < -0.4 is 5.32 Å². The van der Waals surface area contributed by atoms with Gasteiger partial charge in [-0.2, -0.15) is 0 Å². The lowest BCUT2D eigenvalue weighted by atomic mass is 10.1. The van der Waals surface area contributed by atoms with Crippen molar-refractivity contribution in [1.82, 2.24) is 10.2 Å². The van der Waals surface area contributed by atoms with E-state index in [1.54, 1.807) is 12.1 Å². The molecule has 1 atom stereocenters. The van der Waals surface area contributed by atoms with Gasteiger partial charge in [-0.1, -0.05) is 17.7 Å². The monoisotopic (exact) mass is 313 g/mol. The van der Waals surface area contributed by atoms with E-state index >= 15 is 0 Å². The quantitative estimate of drug-likeness (QED) is 0.643. The Morgan fingerprint density at radius 2 is 2.19 bits per heavy atom. The average molecular weight is 314 g/mol. The van der Waals surface area contributed by atoms with Gasteiger partial charge in [0.1, 0.15) is 0 Å². The van der Waals surface area contributed by atoms with E-state index in [9.17, 15) is 10.1 Å². The number of hydrogen-bond acceptors (Lipinski definition) is 5. The minimum absolute atomic E-state index is 0.0635. The Bertz CT molecular complexity index is 492. The second-order valence-corrected chi connectivity index (χ2v) is 5.60. The summed E-state index contributed by atoms with van der Waals surface area (Å²) in [6, 6.07) is 4.98. The predicted octanol–water partition coefficient (Wildman–Crippen LogP) is 2.06. The molecule has 1 aliphatic heterocycles. The fourth-order valence-electron chi connectivity index (χ4n) is 2.41. The first-order chi connectivity index (χ1) is 10.1. The van der Waals surface area contributed by atoms with Crippen molar-refractivity contribution in [3.05, 3.63) is 38.9 Å².